The Hall–Kier alpha value is -3.80. The normalized spacial score (nSPS) is 11.9. The predicted molar refractivity (Wildman–Crippen MR) is 99.8 cm³/mol. The Morgan fingerprint density at radius 3 is 2.56 bits per heavy atom. The largest absolute Gasteiger partial charge is 0.476 e. The summed E-state index contributed by atoms with van der Waals surface area (Å²) in [6.07, 6.45) is 3.51. The maximum absolute atomic E-state index is 11.7. The van der Waals surface area contributed by atoms with Gasteiger partial charge in [-0.15, -0.1) is 0 Å². The zero-order valence-electron chi connectivity index (χ0n) is 14.2. The average molecular weight is 354 g/mol. The van der Waals surface area contributed by atoms with E-state index in [0.29, 0.717) is 17.7 Å². The maximum atomic E-state index is 11.7. The lowest BCUT2D eigenvalue weighted by Gasteiger charge is -2.13. The first-order valence-corrected chi connectivity index (χ1v) is 8.53. The van der Waals surface area contributed by atoms with Crippen molar-refractivity contribution in [2.45, 2.75) is 6.42 Å². The van der Waals surface area contributed by atoms with E-state index in [0.717, 1.165) is 28.3 Å². The molecule has 3 heterocycles. The SMILES string of the molecule is O=C(O)c1ncnc2c1Cc1cnc(-c3ccccc3)n1-c1ccccc1-2. The Balaban J connectivity index is 1.85. The molecule has 0 unspecified atom stereocenters. The highest BCUT2D eigenvalue weighted by Crippen LogP contribution is 2.37. The number of para-hydroxylation sites is 1. The van der Waals surface area contributed by atoms with Crippen LogP contribution in [0.2, 0.25) is 0 Å². The third-order valence-electron chi connectivity index (χ3n) is 4.77. The monoisotopic (exact) mass is 354 g/mol. The van der Waals surface area contributed by atoms with Crippen molar-refractivity contribution in [3.8, 4) is 28.3 Å². The molecule has 0 radical (unpaired) electrons. The second-order valence-electron chi connectivity index (χ2n) is 6.32. The van der Waals surface area contributed by atoms with Crippen molar-refractivity contribution in [1.82, 2.24) is 19.5 Å². The molecule has 5 rings (SSSR count). The van der Waals surface area contributed by atoms with Gasteiger partial charge in [-0.2, -0.15) is 0 Å². The van der Waals surface area contributed by atoms with Gasteiger partial charge in [-0.25, -0.2) is 19.7 Å². The van der Waals surface area contributed by atoms with E-state index in [1.54, 1.807) is 6.20 Å². The van der Waals surface area contributed by atoms with Crippen LogP contribution in [0, 0.1) is 0 Å². The number of hydrogen-bond donors (Lipinski definition) is 1. The summed E-state index contributed by atoms with van der Waals surface area (Å²) in [6, 6.07) is 17.8. The Morgan fingerprint density at radius 2 is 1.74 bits per heavy atom. The van der Waals surface area contributed by atoms with Crippen LogP contribution < -0.4 is 0 Å². The third kappa shape index (κ3) is 2.34. The highest BCUT2D eigenvalue weighted by Gasteiger charge is 2.27. The smallest absolute Gasteiger partial charge is 0.354 e. The van der Waals surface area contributed by atoms with E-state index in [1.807, 2.05) is 54.6 Å². The number of carbonyl (C=O) groups is 1. The molecule has 27 heavy (non-hydrogen) atoms. The molecule has 4 aromatic rings. The number of aromatic carboxylic acids is 1. The topological polar surface area (TPSA) is 80.9 Å². The van der Waals surface area contributed by atoms with Crippen molar-refractivity contribution in [2.24, 2.45) is 0 Å². The number of carboxylic acids is 1. The average Bonchev–Trinajstić information content (AvgIpc) is 3.06. The van der Waals surface area contributed by atoms with E-state index in [2.05, 4.69) is 19.5 Å². The molecule has 0 saturated heterocycles. The summed E-state index contributed by atoms with van der Waals surface area (Å²) in [5.74, 6) is -0.238. The molecule has 130 valence electrons. The Morgan fingerprint density at radius 1 is 0.963 bits per heavy atom. The molecule has 6 heteroatoms. The first kappa shape index (κ1) is 15.5. The Kier molecular flexibility index (Phi) is 3.36. The number of benzene rings is 2. The van der Waals surface area contributed by atoms with Crippen molar-refractivity contribution in [3.63, 3.8) is 0 Å². The fraction of sp³-hybridized carbons (Fsp3) is 0.0476. The second-order valence-corrected chi connectivity index (χ2v) is 6.32. The zero-order chi connectivity index (χ0) is 18.4. The number of rotatable bonds is 2. The number of fused-ring (bicyclic) bond motifs is 5. The summed E-state index contributed by atoms with van der Waals surface area (Å²) < 4.78 is 2.08. The molecule has 1 N–H and O–H groups in total. The summed E-state index contributed by atoms with van der Waals surface area (Å²) in [5, 5.41) is 9.60. The van der Waals surface area contributed by atoms with Crippen LogP contribution in [0.3, 0.4) is 0 Å². The van der Waals surface area contributed by atoms with Gasteiger partial charge in [0.2, 0.25) is 0 Å². The van der Waals surface area contributed by atoms with Gasteiger partial charge in [-0.3, -0.25) is 4.57 Å². The third-order valence-corrected chi connectivity index (χ3v) is 4.77. The lowest BCUT2D eigenvalue weighted by molar-refractivity contribution is 0.0689. The van der Waals surface area contributed by atoms with Crippen molar-refractivity contribution < 1.29 is 9.90 Å². The fourth-order valence-corrected chi connectivity index (χ4v) is 3.62. The van der Waals surface area contributed by atoms with Crippen LogP contribution in [0.15, 0.2) is 67.1 Å². The molecular weight excluding hydrogens is 340 g/mol. The quantitative estimate of drug-likeness (QED) is 0.524. The van der Waals surface area contributed by atoms with Gasteiger partial charge in [0.1, 0.15) is 12.2 Å². The van der Waals surface area contributed by atoms with Gasteiger partial charge in [0, 0.05) is 35.0 Å². The summed E-state index contributed by atoms with van der Waals surface area (Å²) in [4.78, 5) is 24.8. The van der Waals surface area contributed by atoms with Crippen molar-refractivity contribution >= 4 is 5.97 Å². The van der Waals surface area contributed by atoms with Gasteiger partial charge in [0.15, 0.2) is 5.69 Å². The lowest BCUT2D eigenvalue weighted by Crippen LogP contribution is -2.09. The number of imidazole rings is 1. The van der Waals surface area contributed by atoms with Crippen molar-refractivity contribution in [2.75, 3.05) is 0 Å². The van der Waals surface area contributed by atoms with Gasteiger partial charge >= 0.3 is 5.97 Å². The van der Waals surface area contributed by atoms with E-state index < -0.39 is 5.97 Å². The second kappa shape index (κ2) is 5.88. The predicted octanol–water partition coefficient (Wildman–Crippen LogP) is 3.60. The van der Waals surface area contributed by atoms with Crippen LogP contribution in [0.4, 0.5) is 0 Å². The first-order chi connectivity index (χ1) is 13.2. The highest BCUT2D eigenvalue weighted by molar-refractivity contribution is 5.90. The molecule has 0 saturated carbocycles. The number of hydrogen-bond acceptors (Lipinski definition) is 4. The van der Waals surface area contributed by atoms with E-state index in [9.17, 15) is 9.90 Å². The van der Waals surface area contributed by atoms with Crippen LogP contribution in [0.25, 0.3) is 28.3 Å². The summed E-state index contributed by atoms with van der Waals surface area (Å²) >= 11 is 0. The molecule has 0 spiro atoms. The Bertz CT molecular complexity index is 1180. The maximum Gasteiger partial charge on any atom is 0.354 e. The van der Waals surface area contributed by atoms with Gasteiger partial charge in [-0.05, 0) is 6.07 Å². The molecule has 6 nitrogen and oxygen atoms in total. The van der Waals surface area contributed by atoms with Gasteiger partial charge < -0.3 is 5.11 Å². The van der Waals surface area contributed by atoms with Crippen molar-refractivity contribution in [3.05, 3.63) is 84.1 Å². The minimum absolute atomic E-state index is 0.0331. The van der Waals surface area contributed by atoms with Crippen molar-refractivity contribution in [1.29, 1.82) is 0 Å². The van der Waals surface area contributed by atoms with E-state index in [1.165, 1.54) is 6.33 Å². The summed E-state index contributed by atoms with van der Waals surface area (Å²) in [7, 11) is 0. The van der Waals surface area contributed by atoms with Gasteiger partial charge in [0.25, 0.3) is 0 Å². The molecule has 0 amide bonds. The van der Waals surface area contributed by atoms with Gasteiger partial charge in [-0.1, -0.05) is 48.5 Å². The first-order valence-electron chi connectivity index (χ1n) is 8.53. The molecule has 1 aliphatic heterocycles. The van der Waals surface area contributed by atoms with Crippen LogP contribution in [-0.2, 0) is 6.42 Å². The Labute approximate surface area is 154 Å². The summed E-state index contributed by atoms with van der Waals surface area (Å²) in [6.45, 7) is 0. The molecule has 2 aromatic carbocycles. The minimum Gasteiger partial charge on any atom is -0.476 e. The van der Waals surface area contributed by atoms with Crippen LogP contribution in [-0.4, -0.2) is 30.6 Å². The zero-order valence-corrected chi connectivity index (χ0v) is 14.2. The van der Waals surface area contributed by atoms with E-state index in [-0.39, 0.29) is 5.69 Å². The van der Waals surface area contributed by atoms with E-state index in [4.69, 9.17) is 0 Å². The van der Waals surface area contributed by atoms with Crippen LogP contribution >= 0.6 is 0 Å². The molecule has 0 fully saturated rings. The fourth-order valence-electron chi connectivity index (χ4n) is 3.62. The minimum atomic E-state index is -1.05. The number of nitrogens with zero attached hydrogens (tertiary/aromatic N) is 4. The van der Waals surface area contributed by atoms with Crippen LogP contribution in [0.1, 0.15) is 21.7 Å². The lowest BCUT2D eigenvalue weighted by atomic mass is 10.0. The molecule has 2 aromatic heterocycles. The number of carboxylic acid groups (broad SMARTS) is 1. The highest BCUT2D eigenvalue weighted by atomic mass is 16.4. The summed E-state index contributed by atoms with van der Waals surface area (Å²) in [5.41, 5.74) is 4.98. The molecule has 0 atom stereocenters. The van der Waals surface area contributed by atoms with Gasteiger partial charge in [0.05, 0.1) is 11.4 Å². The molecule has 0 bridgehead atoms. The standard InChI is InChI=1S/C21H14N4O2/c26-21(27)19-16-10-14-11-22-20(13-6-2-1-3-7-13)25(14)17-9-5-4-8-15(17)18(16)23-12-24-19/h1-9,11-12H,10H2,(H,26,27). The van der Waals surface area contributed by atoms with E-state index >= 15 is 0 Å². The number of aromatic nitrogens is 4. The molecule has 1 aliphatic rings. The molecule has 0 aliphatic carbocycles. The van der Waals surface area contributed by atoms with Crippen LogP contribution in [0.5, 0.6) is 0 Å². The molecular formula is C21H14N4O2.